The van der Waals surface area contributed by atoms with E-state index in [1.54, 1.807) is 4.68 Å². The molecule has 0 bridgehead atoms. The highest BCUT2D eigenvalue weighted by molar-refractivity contribution is 6.31. The first kappa shape index (κ1) is 18.2. The fourth-order valence-electron chi connectivity index (χ4n) is 2.86. The molecule has 1 amide bonds. The zero-order chi connectivity index (χ0) is 18.8. The van der Waals surface area contributed by atoms with Crippen LogP contribution in [-0.2, 0) is 20.1 Å². The number of carbonyl (C=O) groups excluding carboxylic acids is 1. The van der Waals surface area contributed by atoms with Crippen molar-refractivity contribution in [2.75, 3.05) is 0 Å². The van der Waals surface area contributed by atoms with Gasteiger partial charge in [-0.15, -0.1) is 0 Å². The van der Waals surface area contributed by atoms with E-state index in [0.29, 0.717) is 23.7 Å². The lowest BCUT2D eigenvalue weighted by Gasteiger charge is -2.07. The van der Waals surface area contributed by atoms with Gasteiger partial charge >= 0.3 is 0 Å². The van der Waals surface area contributed by atoms with Crippen molar-refractivity contribution in [1.29, 1.82) is 0 Å². The highest BCUT2D eigenvalue weighted by Gasteiger charge is 2.11. The SMILES string of the molecule is Cc1nn(C)cc1CNC(=O)c1ccc(Cn2nc(C)c(Cl)c2C)cc1. The van der Waals surface area contributed by atoms with E-state index in [0.717, 1.165) is 28.2 Å². The van der Waals surface area contributed by atoms with E-state index < -0.39 is 0 Å². The second kappa shape index (κ2) is 7.33. The Kier molecular flexibility index (Phi) is 5.13. The third-order valence-corrected chi connectivity index (χ3v) is 4.94. The van der Waals surface area contributed by atoms with Crippen LogP contribution < -0.4 is 5.32 Å². The molecule has 136 valence electrons. The van der Waals surface area contributed by atoms with Crippen LogP contribution >= 0.6 is 11.6 Å². The van der Waals surface area contributed by atoms with E-state index in [9.17, 15) is 4.79 Å². The number of hydrogen-bond acceptors (Lipinski definition) is 3. The first-order chi connectivity index (χ1) is 12.3. The van der Waals surface area contributed by atoms with Gasteiger partial charge in [-0.2, -0.15) is 10.2 Å². The standard InChI is InChI=1S/C19H22ClN5O/c1-12-17(11-24(4)22-12)9-21-19(26)16-7-5-15(6-8-16)10-25-14(3)18(20)13(2)23-25/h5-8,11H,9-10H2,1-4H3,(H,21,26). The van der Waals surface area contributed by atoms with Crippen molar-refractivity contribution in [2.45, 2.75) is 33.9 Å². The quantitative estimate of drug-likeness (QED) is 0.749. The van der Waals surface area contributed by atoms with Crippen LogP contribution in [0.25, 0.3) is 0 Å². The molecule has 2 heterocycles. The molecular weight excluding hydrogens is 350 g/mol. The highest BCUT2D eigenvalue weighted by Crippen LogP contribution is 2.20. The summed E-state index contributed by atoms with van der Waals surface area (Å²) in [5, 5.41) is 12.3. The van der Waals surface area contributed by atoms with Crippen molar-refractivity contribution >= 4 is 17.5 Å². The maximum absolute atomic E-state index is 12.3. The Hall–Kier alpha value is -2.60. The molecule has 1 aromatic carbocycles. The second-order valence-electron chi connectivity index (χ2n) is 6.44. The van der Waals surface area contributed by atoms with Crippen molar-refractivity contribution in [3.05, 3.63) is 69.3 Å². The van der Waals surface area contributed by atoms with Crippen LogP contribution in [0.15, 0.2) is 30.5 Å². The number of aryl methyl sites for hydroxylation is 3. The number of nitrogens with zero attached hydrogens (tertiary/aromatic N) is 4. The summed E-state index contributed by atoms with van der Waals surface area (Å²) in [4.78, 5) is 12.3. The molecule has 3 rings (SSSR count). The first-order valence-corrected chi connectivity index (χ1v) is 8.78. The molecule has 2 aromatic heterocycles. The lowest BCUT2D eigenvalue weighted by molar-refractivity contribution is 0.0951. The minimum atomic E-state index is -0.103. The Bertz CT molecular complexity index is 940. The monoisotopic (exact) mass is 371 g/mol. The number of hydrogen-bond donors (Lipinski definition) is 1. The normalized spacial score (nSPS) is 11.0. The first-order valence-electron chi connectivity index (χ1n) is 8.41. The molecule has 0 unspecified atom stereocenters. The van der Waals surface area contributed by atoms with Crippen LogP contribution in [0, 0.1) is 20.8 Å². The number of aromatic nitrogens is 4. The summed E-state index contributed by atoms with van der Waals surface area (Å²) in [5.74, 6) is -0.103. The molecule has 0 saturated heterocycles. The average Bonchev–Trinajstić information content (AvgIpc) is 3.06. The Morgan fingerprint density at radius 3 is 2.35 bits per heavy atom. The molecule has 3 aromatic rings. The fourth-order valence-corrected chi connectivity index (χ4v) is 3.00. The molecule has 1 N–H and O–H groups in total. The fraction of sp³-hybridized carbons (Fsp3) is 0.316. The van der Waals surface area contributed by atoms with Crippen molar-refractivity contribution < 1.29 is 4.79 Å². The number of rotatable bonds is 5. The smallest absolute Gasteiger partial charge is 0.251 e. The van der Waals surface area contributed by atoms with Gasteiger partial charge in [-0.3, -0.25) is 14.2 Å². The summed E-state index contributed by atoms with van der Waals surface area (Å²) in [6.07, 6.45) is 1.91. The summed E-state index contributed by atoms with van der Waals surface area (Å²) < 4.78 is 3.62. The lowest BCUT2D eigenvalue weighted by Crippen LogP contribution is -2.23. The van der Waals surface area contributed by atoms with Gasteiger partial charge in [0.25, 0.3) is 5.91 Å². The predicted octanol–water partition coefficient (Wildman–Crippen LogP) is 3.17. The van der Waals surface area contributed by atoms with Gasteiger partial charge in [0.05, 0.1) is 28.6 Å². The number of benzene rings is 1. The maximum atomic E-state index is 12.3. The molecule has 0 aliphatic carbocycles. The Balaban J connectivity index is 1.64. The Morgan fingerprint density at radius 1 is 1.12 bits per heavy atom. The molecule has 0 radical (unpaired) electrons. The van der Waals surface area contributed by atoms with Gasteiger partial charge in [-0.05, 0) is 38.5 Å². The molecule has 0 fully saturated rings. The maximum Gasteiger partial charge on any atom is 0.251 e. The van der Waals surface area contributed by atoms with Crippen LogP contribution in [0.1, 0.15) is 38.6 Å². The molecule has 0 saturated carbocycles. The summed E-state index contributed by atoms with van der Waals surface area (Å²) in [6.45, 7) is 6.86. The molecule has 0 atom stereocenters. The van der Waals surface area contributed by atoms with Gasteiger partial charge in [-0.1, -0.05) is 23.7 Å². The van der Waals surface area contributed by atoms with Gasteiger partial charge in [0.15, 0.2) is 0 Å². The van der Waals surface area contributed by atoms with Crippen LogP contribution in [0.4, 0.5) is 0 Å². The largest absolute Gasteiger partial charge is 0.348 e. The van der Waals surface area contributed by atoms with Crippen molar-refractivity contribution in [3.8, 4) is 0 Å². The van der Waals surface area contributed by atoms with E-state index in [1.165, 1.54) is 0 Å². The predicted molar refractivity (Wildman–Crippen MR) is 101 cm³/mol. The summed E-state index contributed by atoms with van der Waals surface area (Å²) in [6, 6.07) is 7.53. The third-order valence-electron chi connectivity index (χ3n) is 4.40. The molecular formula is C19H22ClN5O. The van der Waals surface area contributed by atoms with Crippen LogP contribution in [0.3, 0.4) is 0 Å². The molecule has 0 spiro atoms. The van der Waals surface area contributed by atoms with Crippen molar-refractivity contribution in [1.82, 2.24) is 24.9 Å². The van der Waals surface area contributed by atoms with E-state index in [4.69, 9.17) is 11.6 Å². The number of amides is 1. The molecule has 6 nitrogen and oxygen atoms in total. The minimum absolute atomic E-state index is 0.103. The Morgan fingerprint density at radius 2 is 1.81 bits per heavy atom. The molecule has 0 aliphatic rings. The topological polar surface area (TPSA) is 64.7 Å². The second-order valence-corrected chi connectivity index (χ2v) is 6.81. The van der Waals surface area contributed by atoms with E-state index in [-0.39, 0.29) is 5.91 Å². The molecule has 26 heavy (non-hydrogen) atoms. The van der Waals surface area contributed by atoms with Crippen molar-refractivity contribution in [2.24, 2.45) is 7.05 Å². The molecule has 7 heteroatoms. The third kappa shape index (κ3) is 3.80. The average molecular weight is 372 g/mol. The summed E-state index contributed by atoms with van der Waals surface area (Å²) in [5.41, 5.74) is 5.39. The number of nitrogens with one attached hydrogen (secondary N) is 1. The Labute approximate surface area is 157 Å². The van der Waals surface area contributed by atoms with Crippen LogP contribution in [-0.4, -0.2) is 25.5 Å². The van der Waals surface area contributed by atoms with E-state index in [2.05, 4.69) is 15.5 Å². The minimum Gasteiger partial charge on any atom is -0.348 e. The van der Waals surface area contributed by atoms with Gasteiger partial charge in [0, 0.05) is 30.9 Å². The summed E-state index contributed by atoms with van der Waals surface area (Å²) in [7, 11) is 1.87. The van der Waals surface area contributed by atoms with Gasteiger partial charge in [-0.25, -0.2) is 0 Å². The number of halogens is 1. The van der Waals surface area contributed by atoms with Crippen LogP contribution in [0.2, 0.25) is 5.02 Å². The van der Waals surface area contributed by atoms with E-state index in [1.807, 2.05) is 63.0 Å². The number of carbonyl (C=O) groups is 1. The van der Waals surface area contributed by atoms with Gasteiger partial charge in [0.1, 0.15) is 0 Å². The van der Waals surface area contributed by atoms with Gasteiger partial charge < -0.3 is 5.32 Å². The van der Waals surface area contributed by atoms with E-state index >= 15 is 0 Å². The zero-order valence-corrected chi connectivity index (χ0v) is 16.1. The van der Waals surface area contributed by atoms with Crippen molar-refractivity contribution in [3.63, 3.8) is 0 Å². The lowest BCUT2D eigenvalue weighted by atomic mass is 10.1. The van der Waals surface area contributed by atoms with Gasteiger partial charge in [0.2, 0.25) is 0 Å². The zero-order valence-electron chi connectivity index (χ0n) is 15.4. The molecule has 0 aliphatic heterocycles. The summed E-state index contributed by atoms with van der Waals surface area (Å²) >= 11 is 6.19. The highest BCUT2D eigenvalue weighted by atomic mass is 35.5. The van der Waals surface area contributed by atoms with Crippen LogP contribution in [0.5, 0.6) is 0 Å².